The summed E-state index contributed by atoms with van der Waals surface area (Å²) in [7, 11) is 3.75. The van der Waals surface area contributed by atoms with Gasteiger partial charge in [0, 0.05) is 18.5 Å². The number of carbonyl (C=O) groups excluding carboxylic acids is 2. The maximum atomic E-state index is 12.6. The van der Waals surface area contributed by atoms with E-state index < -0.39 is 24.0 Å². The third-order valence-corrected chi connectivity index (χ3v) is 5.47. The summed E-state index contributed by atoms with van der Waals surface area (Å²) < 4.78 is 5.55. The fourth-order valence-corrected chi connectivity index (χ4v) is 3.88. The number of alkyl carbamates (subject to hydrolysis) is 1. The molecule has 2 amide bonds. The topological polar surface area (TPSA) is 108 Å². The van der Waals surface area contributed by atoms with Gasteiger partial charge in [0.25, 0.3) is 0 Å². The Morgan fingerprint density at radius 2 is 1.67 bits per heavy atom. The van der Waals surface area contributed by atoms with E-state index in [4.69, 9.17) is 9.84 Å². The Bertz CT molecular complexity index is 989. The van der Waals surface area contributed by atoms with Gasteiger partial charge in [0.2, 0.25) is 5.91 Å². The highest BCUT2D eigenvalue weighted by Crippen LogP contribution is 2.44. The highest BCUT2D eigenvalue weighted by molar-refractivity contribution is 5.86. The molecular formula is C25H29N3O5. The zero-order valence-electron chi connectivity index (χ0n) is 18.8. The van der Waals surface area contributed by atoms with Gasteiger partial charge in [-0.1, -0.05) is 54.6 Å². The minimum Gasteiger partial charge on any atom is -0.478 e. The number of carboxylic acids is 1. The van der Waals surface area contributed by atoms with Gasteiger partial charge >= 0.3 is 12.1 Å². The van der Waals surface area contributed by atoms with Gasteiger partial charge in [-0.15, -0.1) is 0 Å². The second-order valence-corrected chi connectivity index (χ2v) is 8.10. The first kappa shape index (κ1) is 24.0. The van der Waals surface area contributed by atoms with Crippen molar-refractivity contribution in [2.75, 3.05) is 33.8 Å². The van der Waals surface area contributed by atoms with Crippen LogP contribution < -0.4 is 10.6 Å². The van der Waals surface area contributed by atoms with Gasteiger partial charge in [0.1, 0.15) is 12.6 Å². The van der Waals surface area contributed by atoms with Gasteiger partial charge in [-0.3, -0.25) is 4.79 Å². The van der Waals surface area contributed by atoms with Crippen molar-refractivity contribution in [1.29, 1.82) is 0 Å². The summed E-state index contributed by atoms with van der Waals surface area (Å²) >= 11 is 0. The van der Waals surface area contributed by atoms with E-state index >= 15 is 0 Å². The lowest BCUT2D eigenvalue weighted by atomic mass is 9.98. The van der Waals surface area contributed by atoms with Crippen molar-refractivity contribution in [2.45, 2.75) is 18.4 Å². The van der Waals surface area contributed by atoms with Gasteiger partial charge in [-0.25, -0.2) is 9.59 Å². The summed E-state index contributed by atoms with van der Waals surface area (Å²) in [5.41, 5.74) is 4.50. The van der Waals surface area contributed by atoms with E-state index in [1.54, 1.807) is 0 Å². The molecule has 0 aromatic heterocycles. The molecule has 2 aromatic carbocycles. The van der Waals surface area contributed by atoms with Crippen LogP contribution in [-0.2, 0) is 14.3 Å². The van der Waals surface area contributed by atoms with Gasteiger partial charge in [-0.2, -0.15) is 0 Å². The maximum Gasteiger partial charge on any atom is 0.407 e. The van der Waals surface area contributed by atoms with Crippen LogP contribution in [0.5, 0.6) is 0 Å². The molecule has 1 unspecified atom stereocenters. The van der Waals surface area contributed by atoms with Gasteiger partial charge in [-0.05, 0) is 49.3 Å². The van der Waals surface area contributed by atoms with Crippen molar-refractivity contribution in [1.82, 2.24) is 15.5 Å². The molecule has 2 aromatic rings. The lowest BCUT2D eigenvalue weighted by Gasteiger charge is -2.21. The monoisotopic (exact) mass is 451 g/mol. The van der Waals surface area contributed by atoms with E-state index in [0.29, 0.717) is 13.0 Å². The molecule has 174 valence electrons. The predicted octanol–water partition coefficient (Wildman–Crippen LogP) is 2.60. The first-order chi connectivity index (χ1) is 15.9. The number of carbonyl (C=O) groups is 3. The van der Waals surface area contributed by atoms with Crippen LogP contribution in [0.15, 0.2) is 60.7 Å². The third-order valence-electron chi connectivity index (χ3n) is 5.47. The Labute approximate surface area is 193 Å². The van der Waals surface area contributed by atoms with Crippen molar-refractivity contribution < 1.29 is 24.2 Å². The van der Waals surface area contributed by atoms with Crippen LogP contribution in [0.1, 0.15) is 23.5 Å². The first-order valence-electron chi connectivity index (χ1n) is 10.8. The van der Waals surface area contributed by atoms with Crippen molar-refractivity contribution in [3.63, 3.8) is 0 Å². The maximum absolute atomic E-state index is 12.6. The van der Waals surface area contributed by atoms with Crippen LogP contribution >= 0.6 is 0 Å². The van der Waals surface area contributed by atoms with Crippen LogP contribution in [0.25, 0.3) is 11.1 Å². The number of aliphatic carboxylic acids is 1. The fourth-order valence-electron chi connectivity index (χ4n) is 3.88. The average molecular weight is 452 g/mol. The quantitative estimate of drug-likeness (QED) is 0.479. The molecule has 3 N–H and O–H groups in total. The van der Waals surface area contributed by atoms with Crippen LogP contribution in [0.4, 0.5) is 4.79 Å². The standard InChI is InChI=1S/C25H29N3O5/c1-28(2)15-13-22(24(31)26-14-7-12-23(29)30)27-25(32)33-16-21-19-10-5-3-8-17(19)18-9-4-6-11-20(18)21/h3-12,21-22H,13-16H2,1-2H3,(H,26,31)(H,27,32)(H,29,30)/b12-7+. The number of nitrogens with one attached hydrogen (secondary N) is 2. The Balaban J connectivity index is 1.62. The third kappa shape index (κ3) is 6.43. The molecule has 0 fully saturated rings. The highest BCUT2D eigenvalue weighted by Gasteiger charge is 2.29. The zero-order valence-corrected chi connectivity index (χ0v) is 18.8. The normalized spacial score (nSPS) is 13.4. The van der Waals surface area contributed by atoms with E-state index in [1.807, 2.05) is 55.4 Å². The molecule has 0 spiro atoms. The van der Waals surface area contributed by atoms with E-state index in [-0.39, 0.29) is 19.1 Å². The van der Waals surface area contributed by atoms with Gasteiger partial charge in [0.05, 0.1) is 0 Å². The number of hydrogen-bond donors (Lipinski definition) is 3. The van der Waals surface area contributed by atoms with Crippen LogP contribution in [0.3, 0.4) is 0 Å². The van der Waals surface area contributed by atoms with Crippen molar-refractivity contribution in [2.24, 2.45) is 0 Å². The SMILES string of the molecule is CN(C)CCC(NC(=O)OCC1c2ccccc2-c2ccccc21)C(=O)NC/C=C/C(=O)O. The largest absolute Gasteiger partial charge is 0.478 e. The van der Waals surface area contributed by atoms with Crippen molar-refractivity contribution in [3.05, 3.63) is 71.8 Å². The predicted molar refractivity (Wildman–Crippen MR) is 125 cm³/mol. The van der Waals surface area contributed by atoms with Crippen molar-refractivity contribution in [3.8, 4) is 11.1 Å². The molecule has 1 aliphatic carbocycles. The lowest BCUT2D eigenvalue weighted by Crippen LogP contribution is -2.48. The molecule has 0 radical (unpaired) electrons. The Morgan fingerprint density at radius 3 is 2.24 bits per heavy atom. The number of rotatable bonds is 10. The average Bonchev–Trinajstić information content (AvgIpc) is 3.11. The lowest BCUT2D eigenvalue weighted by molar-refractivity contribution is -0.131. The number of ether oxygens (including phenoxy) is 1. The number of nitrogens with zero attached hydrogens (tertiary/aromatic N) is 1. The highest BCUT2D eigenvalue weighted by atomic mass is 16.5. The minimum absolute atomic E-state index is 0.0516. The number of carboxylic acid groups (broad SMARTS) is 1. The molecule has 8 heteroatoms. The first-order valence-corrected chi connectivity index (χ1v) is 10.8. The molecule has 3 rings (SSSR count). The van der Waals surface area contributed by atoms with Crippen LogP contribution in [0.2, 0.25) is 0 Å². The molecule has 0 saturated heterocycles. The molecular weight excluding hydrogens is 422 g/mol. The van der Waals surface area contributed by atoms with Crippen molar-refractivity contribution >= 4 is 18.0 Å². The Morgan fingerprint density at radius 1 is 1.06 bits per heavy atom. The number of amides is 2. The molecule has 0 saturated carbocycles. The van der Waals surface area contributed by atoms with E-state index in [9.17, 15) is 14.4 Å². The summed E-state index contributed by atoms with van der Waals surface area (Å²) in [4.78, 5) is 37.6. The Kier molecular flexibility index (Phi) is 8.21. The molecule has 33 heavy (non-hydrogen) atoms. The molecule has 0 heterocycles. The van der Waals surface area contributed by atoms with Gasteiger partial charge in [0.15, 0.2) is 0 Å². The second kappa shape index (κ2) is 11.3. The zero-order chi connectivity index (χ0) is 23.8. The Hall–Kier alpha value is -3.65. The van der Waals surface area contributed by atoms with Gasteiger partial charge < -0.3 is 25.4 Å². The van der Waals surface area contributed by atoms with Crippen LogP contribution in [-0.4, -0.2) is 67.8 Å². The van der Waals surface area contributed by atoms with E-state index in [2.05, 4.69) is 22.8 Å². The summed E-state index contributed by atoms with van der Waals surface area (Å²) in [6, 6.07) is 15.3. The minimum atomic E-state index is -1.09. The fraction of sp³-hybridized carbons (Fsp3) is 0.320. The summed E-state index contributed by atoms with van der Waals surface area (Å²) in [5, 5.41) is 13.9. The van der Waals surface area contributed by atoms with E-state index in [1.165, 1.54) is 6.08 Å². The van der Waals surface area contributed by atoms with E-state index in [0.717, 1.165) is 28.3 Å². The number of hydrogen-bond acceptors (Lipinski definition) is 5. The smallest absolute Gasteiger partial charge is 0.407 e. The summed E-state index contributed by atoms with van der Waals surface area (Å²) in [6.45, 7) is 0.784. The molecule has 0 aliphatic heterocycles. The summed E-state index contributed by atoms with van der Waals surface area (Å²) in [5.74, 6) is -1.57. The molecule has 1 atom stereocenters. The van der Waals surface area contributed by atoms with Crippen LogP contribution in [0, 0.1) is 0 Å². The number of benzene rings is 2. The summed E-state index contributed by atoms with van der Waals surface area (Å²) in [6.07, 6.45) is 1.99. The second-order valence-electron chi connectivity index (χ2n) is 8.10. The molecule has 8 nitrogen and oxygen atoms in total. The molecule has 0 bridgehead atoms. The number of fused-ring (bicyclic) bond motifs is 3. The molecule has 1 aliphatic rings.